The van der Waals surface area contributed by atoms with Crippen LogP contribution in [0, 0.1) is 0 Å². The molecular formula is C20H23N3O4. The van der Waals surface area contributed by atoms with E-state index in [1.54, 1.807) is 7.05 Å². The number of carbonyl (C=O) groups excluding carboxylic acids is 3. The van der Waals surface area contributed by atoms with Crippen molar-refractivity contribution >= 4 is 17.9 Å². The first-order valence-electron chi connectivity index (χ1n) is 8.53. The lowest BCUT2D eigenvalue weighted by molar-refractivity contribution is -0.150. The Morgan fingerprint density at radius 3 is 2.11 bits per heavy atom. The summed E-state index contributed by atoms with van der Waals surface area (Å²) in [6.45, 7) is 0.105. The van der Waals surface area contributed by atoms with E-state index in [1.807, 2.05) is 60.7 Å². The molecule has 142 valence electrons. The fraction of sp³-hybridized carbons (Fsp3) is 0.250. The van der Waals surface area contributed by atoms with Crippen molar-refractivity contribution in [2.75, 3.05) is 20.2 Å². The molecule has 0 aliphatic heterocycles. The molecule has 2 aromatic carbocycles. The molecule has 0 aliphatic carbocycles. The summed E-state index contributed by atoms with van der Waals surface area (Å²) in [6.07, 6.45) is 0. The lowest BCUT2D eigenvalue weighted by Gasteiger charge is -2.17. The monoisotopic (exact) mass is 369 g/mol. The maximum absolute atomic E-state index is 12.0. The standard InChI is InChI=1S/C20H23N3O4/c1-23(14-17-10-6-3-7-11-17)18(24)15-27-19(25)13-22-20(26)21-12-16-8-4-2-5-9-16/h2-11H,12-15H2,1H3,(H2,21,22,26). The second kappa shape index (κ2) is 10.6. The van der Waals surface area contributed by atoms with Crippen molar-refractivity contribution < 1.29 is 19.1 Å². The van der Waals surface area contributed by atoms with E-state index in [2.05, 4.69) is 10.6 Å². The van der Waals surface area contributed by atoms with Gasteiger partial charge in [-0.1, -0.05) is 60.7 Å². The predicted molar refractivity (Wildman–Crippen MR) is 101 cm³/mol. The van der Waals surface area contributed by atoms with Crippen LogP contribution < -0.4 is 10.6 Å². The van der Waals surface area contributed by atoms with Crippen molar-refractivity contribution in [3.8, 4) is 0 Å². The van der Waals surface area contributed by atoms with Crippen molar-refractivity contribution in [1.82, 2.24) is 15.5 Å². The van der Waals surface area contributed by atoms with Gasteiger partial charge in [-0.25, -0.2) is 4.79 Å². The molecule has 0 saturated heterocycles. The number of esters is 1. The smallest absolute Gasteiger partial charge is 0.325 e. The Bertz CT molecular complexity index is 750. The molecule has 0 unspecified atom stereocenters. The molecule has 0 spiro atoms. The minimum atomic E-state index is -0.675. The minimum Gasteiger partial charge on any atom is -0.454 e. The zero-order chi connectivity index (χ0) is 19.5. The molecule has 0 radical (unpaired) electrons. The highest BCUT2D eigenvalue weighted by molar-refractivity contribution is 5.83. The number of hydrogen-bond donors (Lipinski definition) is 2. The molecule has 7 heteroatoms. The summed E-state index contributed by atoms with van der Waals surface area (Å²) in [6, 6.07) is 18.4. The van der Waals surface area contributed by atoms with Crippen molar-refractivity contribution in [2.45, 2.75) is 13.1 Å². The third-order valence-corrected chi connectivity index (χ3v) is 3.73. The molecule has 27 heavy (non-hydrogen) atoms. The molecule has 7 nitrogen and oxygen atoms in total. The van der Waals surface area contributed by atoms with Crippen LogP contribution in [0.15, 0.2) is 60.7 Å². The Labute approximate surface area is 158 Å². The SMILES string of the molecule is CN(Cc1ccccc1)C(=O)COC(=O)CNC(=O)NCc1ccccc1. The average molecular weight is 369 g/mol. The van der Waals surface area contributed by atoms with Crippen LogP contribution >= 0.6 is 0 Å². The molecule has 2 aromatic rings. The molecule has 0 heterocycles. The van der Waals surface area contributed by atoms with Crippen LogP contribution in [0.3, 0.4) is 0 Å². The van der Waals surface area contributed by atoms with Gasteiger partial charge in [-0.2, -0.15) is 0 Å². The summed E-state index contributed by atoms with van der Waals surface area (Å²) >= 11 is 0. The van der Waals surface area contributed by atoms with Gasteiger partial charge in [0.2, 0.25) is 0 Å². The second-order valence-corrected chi connectivity index (χ2v) is 5.92. The Morgan fingerprint density at radius 1 is 0.889 bits per heavy atom. The number of hydrogen-bond acceptors (Lipinski definition) is 4. The van der Waals surface area contributed by atoms with Crippen LogP contribution in [-0.4, -0.2) is 43.0 Å². The fourth-order valence-corrected chi connectivity index (χ4v) is 2.24. The van der Waals surface area contributed by atoms with E-state index < -0.39 is 12.0 Å². The van der Waals surface area contributed by atoms with Gasteiger partial charge >= 0.3 is 12.0 Å². The van der Waals surface area contributed by atoms with E-state index in [-0.39, 0.29) is 19.1 Å². The number of likely N-dealkylation sites (N-methyl/N-ethyl adjacent to an activating group) is 1. The Hall–Kier alpha value is -3.35. The van der Waals surface area contributed by atoms with Gasteiger partial charge in [0, 0.05) is 20.1 Å². The zero-order valence-corrected chi connectivity index (χ0v) is 15.2. The Morgan fingerprint density at radius 2 is 1.48 bits per heavy atom. The van der Waals surface area contributed by atoms with Crippen LogP contribution in [0.25, 0.3) is 0 Å². The lowest BCUT2D eigenvalue weighted by atomic mass is 10.2. The van der Waals surface area contributed by atoms with Crippen LogP contribution in [-0.2, 0) is 27.4 Å². The largest absolute Gasteiger partial charge is 0.454 e. The quantitative estimate of drug-likeness (QED) is 0.693. The number of benzene rings is 2. The van der Waals surface area contributed by atoms with Crippen molar-refractivity contribution in [2.24, 2.45) is 0 Å². The maximum Gasteiger partial charge on any atom is 0.325 e. The van der Waals surface area contributed by atoms with E-state index in [1.165, 1.54) is 4.90 Å². The molecule has 2 N–H and O–H groups in total. The normalized spacial score (nSPS) is 9.96. The molecule has 0 aliphatic rings. The molecule has 0 bridgehead atoms. The van der Waals surface area contributed by atoms with E-state index in [4.69, 9.17) is 4.74 Å². The zero-order valence-electron chi connectivity index (χ0n) is 15.2. The molecule has 3 amide bonds. The highest BCUT2D eigenvalue weighted by Crippen LogP contribution is 2.03. The maximum atomic E-state index is 12.0. The first kappa shape index (κ1) is 20.0. The van der Waals surface area contributed by atoms with Crippen LogP contribution in [0.2, 0.25) is 0 Å². The highest BCUT2D eigenvalue weighted by Gasteiger charge is 2.13. The topological polar surface area (TPSA) is 87.7 Å². The number of ether oxygens (including phenoxy) is 1. The minimum absolute atomic E-state index is 0.309. The van der Waals surface area contributed by atoms with Crippen LogP contribution in [0.1, 0.15) is 11.1 Å². The predicted octanol–water partition coefficient (Wildman–Crippen LogP) is 1.69. The number of urea groups is 1. The Balaban J connectivity index is 1.62. The molecule has 0 saturated carbocycles. The summed E-state index contributed by atoms with van der Waals surface area (Å²) < 4.78 is 4.90. The number of nitrogens with one attached hydrogen (secondary N) is 2. The summed E-state index contributed by atoms with van der Waals surface area (Å²) in [5.41, 5.74) is 1.93. The summed E-state index contributed by atoms with van der Waals surface area (Å²) in [5.74, 6) is -0.993. The lowest BCUT2D eigenvalue weighted by Crippen LogP contribution is -2.39. The summed E-state index contributed by atoms with van der Waals surface area (Å²) in [5, 5.41) is 5.03. The third-order valence-electron chi connectivity index (χ3n) is 3.73. The number of carbonyl (C=O) groups is 3. The second-order valence-electron chi connectivity index (χ2n) is 5.92. The van der Waals surface area contributed by atoms with Gasteiger partial charge in [-0.05, 0) is 11.1 Å². The van der Waals surface area contributed by atoms with Crippen LogP contribution in [0.5, 0.6) is 0 Å². The number of rotatable bonds is 8. The first-order chi connectivity index (χ1) is 13.0. The molecule has 0 fully saturated rings. The molecule has 2 rings (SSSR count). The summed E-state index contributed by atoms with van der Waals surface area (Å²) in [7, 11) is 1.64. The van der Waals surface area contributed by atoms with E-state index in [9.17, 15) is 14.4 Å². The number of nitrogens with zero attached hydrogens (tertiary/aromatic N) is 1. The van der Waals surface area contributed by atoms with Gasteiger partial charge in [-0.3, -0.25) is 9.59 Å². The average Bonchev–Trinajstić information content (AvgIpc) is 2.70. The highest BCUT2D eigenvalue weighted by atomic mass is 16.5. The van der Waals surface area contributed by atoms with Gasteiger partial charge < -0.3 is 20.3 Å². The van der Waals surface area contributed by atoms with E-state index >= 15 is 0 Å². The van der Waals surface area contributed by atoms with Gasteiger partial charge in [0.1, 0.15) is 6.54 Å². The third kappa shape index (κ3) is 7.60. The van der Waals surface area contributed by atoms with E-state index in [0.717, 1.165) is 11.1 Å². The first-order valence-corrected chi connectivity index (χ1v) is 8.53. The Kier molecular flexibility index (Phi) is 7.84. The van der Waals surface area contributed by atoms with Gasteiger partial charge in [0.05, 0.1) is 0 Å². The molecule has 0 atom stereocenters. The van der Waals surface area contributed by atoms with Crippen molar-refractivity contribution in [3.05, 3.63) is 71.8 Å². The fourth-order valence-electron chi connectivity index (χ4n) is 2.24. The van der Waals surface area contributed by atoms with Crippen molar-refractivity contribution in [1.29, 1.82) is 0 Å². The van der Waals surface area contributed by atoms with Gasteiger partial charge in [0.25, 0.3) is 5.91 Å². The van der Waals surface area contributed by atoms with Gasteiger partial charge in [0.15, 0.2) is 6.61 Å². The number of amides is 3. The molecular weight excluding hydrogens is 346 g/mol. The van der Waals surface area contributed by atoms with Gasteiger partial charge in [-0.15, -0.1) is 0 Å². The van der Waals surface area contributed by atoms with E-state index in [0.29, 0.717) is 13.1 Å². The summed E-state index contributed by atoms with van der Waals surface area (Å²) in [4.78, 5) is 36.8. The van der Waals surface area contributed by atoms with Crippen LogP contribution in [0.4, 0.5) is 4.79 Å². The van der Waals surface area contributed by atoms with Crippen molar-refractivity contribution in [3.63, 3.8) is 0 Å². The molecule has 0 aromatic heterocycles.